The van der Waals surface area contributed by atoms with Gasteiger partial charge in [0.25, 0.3) is 0 Å². The molecule has 1 fully saturated rings. The maximum absolute atomic E-state index is 11.7. The smallest absolute Gasteiger partial charge is 0.247 e. The van der Waals surface area contributed by atoms with Crippen LogP contribution in [0.1, 0.15) is 19.2 Å². The number of sulfone groups is 1. The topological polar surface area (TPSA) is 85.5 Å². The first-order chi connectivity index (χ1) is 11.5. The van der Waals surface area contributed by atoms with E-state index >= 15 is 0 Å². The van der Waals surface area contributed by atoms with Gasteiger partial charge in [0.05, 0.1) is 25.2 Å². The highest BCUT2D eigenvalue weighted by Gasteiger charge is 2.32. The van der Waals surface area contributed by atoms with Crippen LogP contribution in [-0.4, -0.2) is 54.7 Å². The van der Waals surface area contributed by atoms with Crippen molar-refractivity contribution in [2.45, 2.75) is 25.9 Å². The van der Waals surface area contributed by atoms with E-state index in [1.165, 1.54) is 0 Å². The lowest BCUT2D eigenvalue weighted by atomic mass is 10.2. The third kappa shape index (κ3) is 3.76. The molecule has 1 aliphatic rings. The molecule has 24 heavy (non-hydrogen) atoms. The van der Waals surface area contributed by atoms with Crippen molar-refractivity contribution in [3.05, 3.63) is 30.2 Å². The van der Waals surface area contributed by atoms with Crippen LogP contribution in [0.25, 0.3) is 11.5 Å². The van der Waals surface area contributed by atoms with Gasteiger partial charge >= 0.3 is 0 Å². The van der Waals surface area contributed by atoms with Gasteiger partial charge in [-0.3, -0.25) is 4.90 Å². The van der Waals surface area contributed by atoms with Crippen molar-refractivity contribution >= 4 is 9.84 Å². The third-order valence-electron chi connectivity index (χ3n) is 4.27. The van der Waals surface area contributed by atoms with E-state index in [9.17, 15) is 8.42 Å². The number of ether oxygens (including phenoxy) is 1. The second kappa shape index (κ2) is 6.90. The first-order valence-corrected chi connectivity index (χ1v) is 9.74. The molecule has 1 unspecified atom stereocenters. The highest BCUT2D eigenvalue weighted by atomic mass is 32.2. The van der Waals surface area contributed by atoms with Crippen LogP contribution in [0.4, 0.5) is 0 Å². The average molecular weight is 351 g/mol. The summed E-state index contributed by atoms with van der Waals surface area (Å²) in [7, 11) is -1.29. The monoisotopic (exact) mass is 351 g/mol. The second-order valence-electron chi connectivity index (χ2n) is 5.85. The van der Waals surface area contributed by atoms with Gasteiger partial charge in [0.1, 0.15) is 5.75 Å². The van der Waals surface area contributed by atoms with Gasteiger partial charge in [0.15, 0.2) is 9.84 Å². The number of aromatic nitrogens is 2. The quantitative estimate of drug-likeness (QED) is 0.784. The number of benzene rings is 1. The summed E-state index contributed by atoms with van der Waals surface area (Å²) >= 11 is 0. The lowest BCUT2D eigenvalue weighted by Gasteiger charge is -2.24. The van der Waals surface area contributed by atoms with Gasteiger partial charge in [0, 0.05) is 11.6 Å². The zero-order valence-corrected chi connectivity index (χ0v) is 14.6. The molecule has 0 amide bonds. The maximum Gasteiger partial charge on any atom is 0.247 e. The van der Waals surface area contributed by atoms with Crippen LogP contribution < -0.4 is 4.74 Å². The lowest BCUT2D eigenvalue weighted by molar-refractivity contribution is 0.195. The molecule has 2 heterocycles. The minimum absolute atomic E-state index is 0.0244. The van der Waals surface area contributed by atoms with Crippen molar-refractivity contribution in [2.24, 2.45) is 0 Å². The van der Waals surface area contributed by atoms with Crippen molar-refractivity contribution in [3.8, 4) is 17.2 Å². The van der Waals surface area contributed by atoms with Crippen LogP contribution in [0.5, 0.6) is 5.75 Å². The fourth-order valence-corrected chi connectivity index (χ4v) is 4.67. The van der Waals surface area contributed by atoms with E-state index in [0.29, 0.717) is 24.7 Å². The van der Waals surface area contributed by atoms with Crippen LogP contribution in [0.3, 0.4) is 0 Å². The van der Waals surface area contributed by atoms with E-state index in [2.05, 4.69) is 15.1 Å². The normalized spacial score (nSPS) is 19.7. The van der Waals surface area contributed by atoms with Gasteiger partial charge in [0.2, 0.25) is 11.8 Å². The molecular weight excluding hydrogens is 330 g/mol. The summed E-state index contributed by atoms with van der Waals surface area (Å²) in [6.45, 7) is 3.20. The summed E-state index contributed by atoms with van der Waals surface area (Å²) in [6.07, 6.45) is 0.662. The molecule has 1 saturated heterocycles. The fraction of sp³-hybridized carbons (Fsp3) is 0.500. The zero-order chi connectivity index (χ0) is 17.2. The number of nitrogens with zero attached hydrogens (tertiary/aromatic N) is 3. The van der Waals surface area contributed by atoms with E-state index in [0.717, 1.165) is 17.9 Å². The van der Waals surface area contributed by atoms with E-state index in [1.807, 2.05) is 31.2 Å². The Balaban J connectivity index is 1.70. The molecule has 0 N–H and O–H groups in total. The number of hydrogen-bond donors (Lipinski definition) is 0. The van der Waals surface area contributed by atoms with E-state index < -0.39 is 9.84 Å². The highest BCUT2D eigenvalue weighted by molar-refractivity contribution is 7.91. The molecule has 0 radical (unpaired) electrons. The number of methoxy groups -OCH3 is 1. The van der Waals surface area contributed by atoms with Gasteiger partial charge < -0.3 is 9.15 Å². The van der Waals surface area contributed by atoms with Crippen LogP contribution in [0.15, 0.2) is 28.7 Å². The first-order valence-electron chi connectivity index (χ1n) is 7.92. The molecule has 1 aromatic heterocycles. The largest absolute Gasteiger partial charge is 0.497 e. The Kier molecular flexibility index (Phi) is 4.86. The molecule has 0 aliphatic carbocycles. The zero-order valence-electron chi connectivity index (χ0n) is 13.8. The minimum atomic E-state index is -2.91. The van der Waals surface area contributed by atoms with Crippen LogP contribution >= 0.6 is 0 Å². The van der Waals surface area contributed by atoms with Crippen LogP contribution in [0.2, 0.25) is 0 Å². The SMILES string of the molecule is CCN(Cc1nnc(-c2ccc(OC)cc2)o1)C1CCS(=O)(=O)C1. The van der Waals surface area contributed by atoms with Crippen molar-refractivity contribution in [1.29, 1.82) is 0 Å². The van der Waals surface area contributed by atoms with Crippen LogP contribution in [-0.2, 0) is 16.4 Å². The standard InChI is InChI=1S/C16H21N3O4S/c1-3-19(13-8-9-24(20,21)11-13)10-15-17-18-16(23-15)12-4-6-14(22-2)7-5-12/h4-7,13H,3,8-11H2,1-2H3. The maximum atomic E-state index is 11.7. The fourth-order valence-electron chi connectivity index (χ4n) is 2.90. The summed E-state index contributed by atoms with van der Waals surface area (Å²) in [5, 5.41) is 8.17. The molecule has 7 nitrogen and oxygen atoms in total. The average Bonchev–Trinajstić information content (AvgIpc) is 3.19. The van der Waals surface area contributed by atoms with Crippen molar-refractivity contribution < 1.29 is 17.6 Å². The Morgan fingerprint density at radius 1 is 1.29 bits per heavy atom. The van der Waals surface area contributed by atoms with Gasteiger partial charge in [-0.05, 0) is 37.2 Å². The van der Waals surface area contributed by atoms with Gasteiger partial charge in [-0.1, -0.05) is 6.92 Å². The predicted molar refractivity (Wildman–Crippen MR) is 89.4 cm³/mol. The Bertz CT molecular complexity index is 786. The van der Waals surface area contributed by atoms with Crippen molar-refractivity contribution in [2.75, 3.05) is 25.2 Å². The summed E-state index contributed by atoms with van der Waals surface area (Å²) in [5.74, 6) is 2.17. The summed E-state index contributed by atoms with van der Waals surface area (Å²) in [4.78, 5) is 2.08. The van der Waals surface area contributed by atoms with Crippen molar-refractivity contribution in [1.82, 2.24) is 15.1 Å². The molecule has 8 heteroatoms. The Labute approximate surface area is 141 Å². The Morgan fingerprint density at radius 3 is 2.62 bits per heavy atom. The van der Waals surface area contributed by atoms with E-state index in [4.69, 9.17) is 9.15 Å². The molecule has 2 aromatic rings. The molecule has 0 spiro atoms. The van der Waals surface area contributed by atoms with Gasteiger partial charge in [-0.2, -0.15) is 0 Å². The van der Waals surface area contributed by atoms with E-state index in [1.54, 1.807) is 7.11 Å². The molecular formula is C16H21N3O4S. The minimum Gasteiger partial charge on any atom is -0.497 e. The Hall–Kier alpha value is -1.93. The summed E-state index contributed by atoms with van der Waals surface area (Å²) in [5.41, 5.74) is 0.820. The van der Waals surface area contributed by atoms with Gasteiger partial charge in [-0.25, -0.2) is 8.42 Å². The lowest BCUT2D eigenvalue weighted by Crippen LogP contribution is -2.35. The summed E-state index contributed by atoms with van der Waals surface area (Å²) < 4.78 is 34.2. The number of hydrogen-bond acceptors (Lipinski definition) is 7. The van der Waals surface area contributed by atoms with Gasteiger partial charge in [-0.15, -0.1) is 10.2 Å². The first kappa shape index (κ1) is 16.9. The number of rotatable bonds is 6. The molecule has 0 saturated carbocycles. The molecule has 3 rings (SSSR count). The van der Waals surface area contributed by atoms with Crippen LogP contribution in [0, 0.1) is 0 Å². The molecule has 0 bridgehead atoms. The van der Waals surface area contributed by atoms with E-state index in [-0.39, 0.29) is 17.5 Å². The second-order valence-corrected chi connectivity index (χ2v) is 8.08. The molecule has 1 aromatic carbocycles. The Morgan fingerprint density at radius 2 is 2.04 bits per heavy atom. The molecule has 1 atom stereocenters. The molecule has 130 valence electrons. The third-order valence-corrected chi connectivity index (χ3v) is 6.02. The van der Waals surface area contributed by atoms with Crippen molar-refractivity contribution in [3.63, 3.8) is 0 Å². The predicted octanol–water partition coefficient (Wildman–Crippen LogP) is 1.75. The molecule has 1 aliphatic heterocycles. The summed E-state index contributed by atoms with van der Waals surface area (Å²) in [6, 6.07) is 7.41. The highest BCUT2D eigenvalue weighted by Crippen LogP contribution is 2.23.